The highest BCUT2D eigenvalue weighted by atomic mass is 16.5. The Morgan fingerprint density at radius 1 is 1.16 bits per heavy atom. The molecule has 0 fully saturated rings. The van der Waals surface area contributed by atoms with Crippen LogP contribution in [0.1, 0.15) is 11.4 Å². The van der Waals surface area contributed by atoms with E-state index in [4.69, 9.17) is 4.74 Å². The Morgan fingerprint density at radius 3 is 2.68 bits per heavy atom. The molecule has 0 atom stereocenters. The first-order chi connectivity index (χ1) is 9.28. The minimum Gasteiger partial charge on any atom is -0.496 e. The predicted molar refractivity (Wildman–Crippen MR) is 75.4 cm³/mol. The maximum absolute atomic E-state index is 5.18. The molecule has 0 spiro atoms. The van der Waals surface area contributed by atoms with Crippen molar-refractivity contribution in [2.45, 2.75) is 13.5 Å². The summed E-state index contributed by atoms with van der Waals surface area (Å²) in [5, 5.41) is 0. The molecule has 3 nitrogen and oxygen atoms in total. The second kappa shape index (κ2) is 4.76. The molecule has 1 aromatic heterocycles. The second-order valence-electron chi connectivity index (χ2n) is 4.49. The van der Waals surface area contributed by atoms with E-state index >= 15 is 0 Å². The van der Waals surface area contributed by atoms with Crippen LogP contribution >= 0.6 is 0 Å². The van der Waals surface area contributed by atoms with E-state index in [9.17, 15) is 0 Å². The van der Waals surface area contributed by atoms with Gasteiger partial charge in [0.05, 0.1) is 18.7 Å². The summed E-state index contributed by atoms with van der Waals surface area (Å²) >= 11 is 0. The largest absolute Gasteiger partial charge is 0.496 e. The van der Waals surface area contributed by atoms with Crippen molar-refractivity contribution in [1.82, 2.24) is 9.55 Å². The Morgan fingerprint density at radius 2 is 1.95 bits per heavy atom. The summed E-state index contributed by atoms with van der Waals surface area (Å²) in [4.78, 5) is 4.55. The summed E-state index contributed by atoms with van der Waals surface area (Å²) in [7, 11) is 1.64. The molecule has 19 heavy (non-hydrogen) atoms. The van der Waals surface area contributed by atoms with E-state index in [1.165, 1.54) is 5.56 Å². The highest BCUT2D eigenvalue weighted by molar-refractivity contribution is 5.77. The van der Waals surface area contributed by atoms with Gasteiger partial charge in [0.1, 0.15) is 17.1 Å². The summed E-state index contributed by atoms with van der Waals surface area (Å²) in [5.41, 5.74) is 3.20. The number of ether oxygens (including phenoxy) is 1. The highest BCUT2D eigenvalue weighted by Gasteiger charge is 2.09. The first-order valence-electron chi connectivity index (χ1n) is 6.25. The molecule has 0 unspecified atom stereocenters. The molecule has 0 aliphatic carbocycles. The Labute approximate surface area is 112 Å². The van der Waals surface area contributed by atoms with Crippen molar-refractivity contribution in [1.29, 1.82) is 0 Å². The van der Waals surface area contributed by atoms with Crippen molar-refractivity contribution in [3.05, 3.63) is 59.9 Å². The standard InChI is InChI=1S/C16H15N2O/c1-12-17-15-10-14(19-2)8-9-16(15)18(12)11-13-6-4-3-5-7-13/h3-9H,11H2,1-2H3. The van der Waals surface area contributed by atoms with Gasteiger partial charge in [-0.2, -0.15) is 0 Å². The lowest BCUT2D eigenvalue weighted by Gasteiger charge is -2.07. The molecule has 1 heterocycles. The summed E-state index contributed by atoms with van der Waals surface area (Å²) in [6.07, 6.45) is 0. The molecule has 95 valence electrons. The van der Waals surface area contributed by atoms with E-state index in [0.717, 1.165) is 29.2 Å². The molecular formula is C16H15N2O. The minimum atomic E-state index is 0.719. The maximum Gasteiger partial charge on any atom is 0.129 e. The first-order valence-corrected chi connectivity index (χ1v) is 6.25. The number of fused-ring (bicyclic) bond motifs is 1. The van der Waals surface area contributed by atoms with Crippen molar-refractivity contribution in [3.8, 4) is 5.75 Å². The third-order valence-corrected chi connectivity index (χ3v) is 3.24. The number of aromatic nitrogens is 2. The lowest BCUT2D eigenvalue weighted by atomic mass is 10.2. The molecule has 3 aromatic rings. The van der Waals surface area contributed by atoms with E-state index in [1.807, 2.05) is 25.1 Å². The van der Waals surface area contributed by atoms with Gasteiger partial charge < -0.3 is 9.30 Å². The van der Waals surface area contributed by atoms with Gasteiger partial charge in [-0.25, -0.2) is 4.98 Å². The van der Waals surface area contributed by atoms with Gasteiger partial charge in [-0.05, 0) is 24.6 Å². The molecule has 3 rings (SSSR count). The zero-order valence-corrected chi connectivity index (χ0v) is 11.1. The van der Waals surface area contributed by atoms with E-state index in [2.05, 4.69) is 39.9 Å². The zero-order valence-electron chi connectivity index (χ0n) is 11.1. The smallest absolute Gasteiger partial charge is 0.129 e. The summed E-state index contributed by atoms with van der Waals surface area (Å²) in [6.45, 7) is 2.84. The predicted octanol–water partition coefficient (Wildman–Crippen LogP) is 3.20. The van der Waals surface area contributed by atoms with Gasteiger partial charge in [-0.1, -0.05) is 30.3 Å². The summed E-state index contributed by atoms with van der Waals surface area (Å²) in [6, 6.07) is 17.5. The topological polar surface area (TPSA) is 27.1 Å². The Hall–Kier alpha value is -2.29. The third kappa shape index (κ3) is 2.19. The van der Waals surface area contributed by atoms with Crippen LogP contribution in [0.2, 0.25) is 0 Å². The minimum absolute atomic E-state index is 0.719. The van der Waals surface area contributed by atoms with Crippen molar-refractivity contribution in [3.63, 3.8) is 0 Å². The molecular weight excluding hydrogens is 236 g/mol. The fraction of sp³-hybridized carbons (Fsp3) is 0.188. The third-order valence-electron chi connectivity index (χ3n) is 3.24. The van der Waals surface area contributed by atoms with Crippen LogP contribution in [0.25, 0.3) is 11.0 Å². The van der Waals surface area contributed by atoms with Crippen LogP contribution < -0.4 is 4.74 Å². The molecule has 3 heteroatoms. The van der Waals surface area contributed by atoms with Crippen LogP contribution in [0.4, 0.5) is 0 Å². The van der Waals surface area contributed by atoms with Crippen LogP contribution in [0.5, 0.6) is 5.75 Å². The number of hydrogen-bond acceptors (Lipinski definition) is 2. The van der Waals surface area contributed by atoms with Crippen LogP contribution in [-0.4, -0.2) is 16.7 Å². The molecule has 0 N–H and O–H groups in total. The normalized spacial score (nSPS) is 10.8. The second-order valence-corrected chi connectivity index (χ2v) is 4.49. The number of imidazole rings is 1. The highest BCUT2D eigenvalue weighted by Crippen LogP contribution is 2.21. The quantitative estimate of drug-likeness (QED) is 0.714. The summed E-state index contributed by atoms with van der Waals surface area (Å²) < 4.78 is 7.38. The number of nitrogens with zero attached hydrogens (tertiary/aromatic N) is 2. The zero-order chi connectivity index (χ0) is 13.2. The molecule has 0 aliphatic rings. The van der Waals surface area contributed by atoms with E-state index in [0.29, 0.717) is 0 Å². The van der Waals surface area contributed by atoms with Crippen molar-refractivity contribution >= 4 is 11.0 Å². The van der Waals surface area contributed by atoms with Gasteiger partial charge in [-0.3, -0.25) is 0 Å². The number of rotatable bonds is 3. The first kappa shape index (κ1) is 11.8. The van der Waals surface area contributed by atoms with Gasteiger partial charge in [0.15, 0.2) is 0 Å². The van der Waals surface area contributed by atoms with E-state index in [1.54, 1.807) is 7.11 Å². The van der Waals surface area contributed by atoms with Gasteiger partial charge >= 0.3 is 0 Å². The summed E-state index contributed by atoms with van der Waals surface area (Å²) in [5.74, 6) is 1.71. The van der Waals surface area contributed by atoms with Crippen LogP contribution in [0, 0.1) is 13.0 Å². The Bertz CT molecular complexity index is 701. The SMILES string of the molecule is COc1[c]c2nc(C)n(Cc3ccccc3)c2cc1. The molecule has 2 aromatic carbocycles. The Kier molecular flexibility index (Phi) is 2.95. The van der Waals surface area contributed by atoms with Gasteiger partial charge in [-0.15, -0.1) is 0 Å². The number of benzene rings is 2. The average Bonchev–Trinajstić information content (AvgIpc) is 2.75. The molecule has 0 amide bonds. The van der Waals surface area contributed by atoms with Gasteiger partial charge in [0.2, 0.25) is 0 Å². The van der Waals surface area contributed by atoms with E-state index < -0.39 is 0 Å². The average molecular weight is 251 g/mol. The number of aryl methyl sites for hydroxylation is 1. The molecule has 0 aliphatic heterocycles. The van der Waals surface area contributed by atoms with Crippen LogP contribution in [0.15, 0.2) is 42.5 Å². The molecule has 0 saturated heterocycles. The number of methoxy groups -OCH3 is 1. The lowest BCUT2D eigenvalue weighted by molar-refractivity contribution is 0.414. The molecule has 1 radical (unpaired) electrons. The van der Waals surface area contributed by atoms with Gasteiger partial charge in [0.25, 0.3) is 0 Å². The molecule has 0 saturated carbocycles. The lowest BCUT2D eigenvalue weighted by Crippen LogP contribution is -2.01. The Balaban J connectivity index is 2.06. The number of hydrogen-bond donors (Lipinski definition) is 0. The van der Waals surface area contributed by atoms with Crippen LogP contribution in [-0.2, 0) is 6.54 Å². The molecule has 0 bridgehead atoms. The van der Waals surface area contributed by atoms with Crippen molar-refractivity contribution < 1.29 is 4.74 Å². The fourth-order valence-electron chi connectivity index (χ4n) is 2.24. The fourth-order valence-corrected chi connectivity index (χ4v) is 2.24. The van der Waals surface area contributed by atoms with Crippen molar-refractivity contribution in [2.75, 3.05) is 7.11 Å². The monoisotopic (exact) mass is 251 g/mol. The van der Waals surface area contributed by atoms with Gasteiger partial charge in [0, 0.05) is 6.54 Å². The van der Waals surface area contributed by atoms with Crippen LogP contribution in [0.3, 0.4) is 0 Å². The van der Waals surface area contributed by atoms with Crippen molar-refractivity contribution in [2.24, 2.45) is 0 Å². The van der Waals surface area contributed by atoms with E-state index in [-0.39, 0.29) is 0 Å². The maximum atomic E-state index is 5.18.